The summed E-state index contributed by atoms with van der Waals surface area (Å²) in [5.74, 6) is -0.125. The molecular weight excluding hydrogens is 238 g/mol. The zero-order chi connectivity index (χ0) is 12.8. The minimum Gasteiger partial charge on any atom is -0.325 e. The van der Waals surface area contributed by atoms with Gasteiger partial charge in [-0.1, -0.05) is 24.9 Å². The summed E-state index contributed by atoms with van der Waals surface area (Å²) in [5.41, 5.74) is 1.04. The van der Waals surface area contributed by atoms with Gasteiger partial charge in [0.15, 0.2) is 5.78 Å². The van der Waals surface area contributed by atoms with Crippen molar-refractivity contribution in [3.63, 3.8) is 0 Å². The molecule has 0 heterocycles. The van der Waals surface area contributed by atoms with Gasteiger partial charge in [-0.25, -0.2) is 0 Å². The lowest BCUT2D eigenvalue weighted by Gasteiger charge is -2.08. The van der Waals surface area contributed by atoms with Gasteiger partial charge in [-0.05, 0) is 31.5 Å². The molecule has 0 aliphatic heterocycles. The molecule has 0 fully saturated rings. The van der Waals surface area contributed by atoms with E-state index in [-0.39, 0.29) is 11.7 Å². The van der Waals surface area contributed by atoms with Gasteiger partial charge in [0.05, 0.1) is 10.7 Å². The van der Waals surface area contributed by atoms with E-state index in [4.69, 9.17) is 11.6 Å². The zero-order valence-electron chi connectivity index (χ0n) is 10.0. The summed E-state index contributed by atoms with van der Waals surface area (Å²) < 4.78 is 0. The van der Waals surface area contributed by atoms with Crippen LogP contribution in [0, 0.1) is 0 Å². The first kappa shape index (κ1) is 13.7. The van der Waals surface area contributed by atoms with Gasteiger partial charge < -0.3 is 5.32 Å². The number of carbonyl (C=O) groups excluding carboxylic acids is 2. The molecule has 0 spiro atoms. The van der Waals surface area contributed by atoms with Gasteiger partial charge in [0, 0.05) is 12.0 Å². The highest BCUT2D eigenvalue weighted by Crippen LogP contribution is 2.23. The van der Waals surface area contributed by atoms with Crippen LogP contribution in [0.15, 0.2) is 18.2 Å². The Labute approximate surface area is 106 Å². The molecule has 0 radical (unpaired) electrons. The maximum absolute atomic E-state index is 11.6. The topological polar surface area (TPSA) is 46.2 Å². The Balaban J connectivity index is 2.79. The molecule has 0 bridgehead atoms. The minimum absolute atomic E-state index is 0.0503. The SMILES string of the molecule is CCCCC(=O)Nc1cc(C(C)=O)ccc1Cl. The third-order valence-corrected chi connectivity index (χ3v) is 2.73. The van der Waals surface area contributed by atoms with E-state index in [1.807, 2.05) is 6.92 Å². The Morgan fingerprint density at radius 3 is 2.65 bits per heavy atom. The van der Waals surface area contributed by atoms with Crippen molar-refractivity contribution in [2.45, 2.75) is 33.1 Å². The summed E-state index contributed by atoms with van der Waals surface area (Å²) in [5, 5.41) is 3.16. The number of benzene rings is 1. The van der Waals surface area contributed by atoms with Crippen LogP contribution < -0.4 is 5.32 Å². The molecule has 92 valence electrons. The lowest BCUT2D eigenvalue weighted by atomic mass is 10.1. The van der Waals surface area contributed by atoms with Crippen LogP contribution in [0.5, 0.6) is 0 Å². The van der Waals surface area contributed by atoms with Gasteiger partial charge >= 0.3 is 0 Å². The number of nitrogens with one attached hydrogen (secondary N) is 1. The van der Waals surface area contributed by atoms with Gasteiger partial charge in [0.2, 0.25) is 5.91 Å². The van der Waals surface area contributed by atoms with Crippen molar-refractivity contribution in [3.8, 4) is 0 Å². The number of anilines is 1. The van der Waals surface area contributed by atoms with Crippen molar-refractivity contribution in [1.29, 1.82) is 0 Å². The number of halogens is 1. The Kier molecular flexibility index (Phi) is 5.16. The van der Waals surface area contributed by atoms with Gasteiger partial charge in [0.1, 0.15) is 0 Å². The van der Waals surface area contributed by atoms with Crippen LogP contribution in [-0.4, -0.2) is 11.7 Å². The number of unbranched alkanes of at least 4 members (excludes halogenated alkanes) is 1. The molecule has 1 N–H and O–H groups in total. The van der Waals surface area contributed by atoms with Crippen LogP contribution in [0.2, 0.25) is 5.02 Å². The highest BCUT2D eigenvalue weighted by Gasteiger charge is 2.08. The number of hydrogen-bond acceptors (Lipinski definition) is 2. The van der Waals surface area contributed by atoms with Crippen molar-refractivity contribution in [3.05, 3.63) is 28.8 Å². The molecule has 1 aromatic rings. The summed E-state index contributed by atoms with van der Waals surface area (Å²) in [6.45, 7) is 3.50. The number of ketones is 1. The van der Waals surface area contributed by atoms with E-state index >= 15 is 0 Å². The summed E-state index contributed by atoms with van der Waals surface area (Å²) in [7, 11) is 0. The standard InChI is InChI=1S/C13H16ClNO2/c1-3-4-5-13(17)15-12-8-10(9(2)16)6-7-11(12)14/h6-8H,3-5H2,1-2H3,(H,15,17). The fourth-order valence-electron chi connectivity index (χ4n) is 1.39. The second kappa shape index (κ2) is 6.40. The maximum Gasteiger partial charge on any atom is 0.224 e. The van der Waals surface area contributed by atoms with E-state index in [0.29, 0.717) is 22.7 Å². The largest absolute Gasteiger partial charge is 0.325 e. The van der Waals surface area contributed by atoms with E-state index < -0.39 is 0 Å². The Morgan fingerprint density at radius 1 is 1.35 bits per heavy atom. The molecule has 0 saturated carbocycles. The van der Waals surface area contributed by atoms with Gasteiger partial charge in [-0.3, -0.25) is 9.59 Å². The molecule has 4 heteroatoms. The number of Topliss-reactive ketones (excluding diaryl/α,β-unsaturated/α-hetero) is 1. The fraction of sp³-hybridized carbons (Fsp3) is 0.385. The van der Waals surface area contributed by atoms with E-state index in [2.05, 4.69) is 5.32 Å². The Morgan fingerprint density at radius 2 is 2.06 bits per heavy atom. The number of amides is 1. The smallest absolute Gasteiger partial charge is 0.224 e. The Hall–Kier alpha value is -1.35. The molecule has 3 nitrogen and oxygen atoms in total. The third kappa shape index (κ3) is 4.19. The van der Waals surface area contributed by atoms with Crippen molar-refractivity contribution in [2.75, 3.05) is 5.32 Å². The molecule has 1 amide bonds. The molecule has 17 heavy (non-hydrogen) atoms. The molecule has 0 atom stereocenters. The number of rotatable bonds is 5. The molecule has 0 aromatic heterocycles. The quantitative estimate of drug-likeness (QED) is 0.814. The summed E-state index contributed by atoms with van der Waals surface area (Å²) >= 11 is 5.95. The lowest BCUT2D eigenvalue weighted by Crippen LogP contribution is -2.11. The van der Waals surface area contributed by atoms with Crippen LogP contribution in [0.1, 0.15) is 43.5 Å². The van der Waals surface area contributed by atoms with E-state index in [1.54, 1.807) is 18.2 Å². The zero-order valence-corrected chi connectivity index (χ0v) is 10.8. The minimum atomic E-state index is -0.0746. The van der Waals surface area contributed by atoms with E-state index in [1.165, 1.54) is 6.92 Å². The van der Waals surface area contributed by atoms with Crippen LogP contribution in [-0.2, 0) is 4.79 Å². The predicted molar refractivity (Wildman–Crippen MR) is 69.6 cm³/mol. The average molecular weight is 254 g/mol. The van der Waals surface area contributed by atoms with Crippen LogP contribution in [0.3, 0.4) is 0 Å². The van der Waals surface area contributed by atoms with Crippen molar-refractivity contribution in [1.82, 2.24) is 0 Å². The molecule has 0 saturated heterocycles. The van der Waals surface area contributed by atoms with Crippen molar-refractivity contribution in [2.24, 2.45) is 0 Å². The van der Waals surface area contributed by atoms with Gasteiger partial charge in [0.25, 0.3) is 0 Å². The van der Waals surface area contributed by atoms with Crippen LogP contribution in [0.25, 0.3) is 0 Å². The van der Waals surface area contributed by atoms with Gasteiger partial charge in [-0.2, -0.15) is 0 Å². The predicted octanol–water partition coefficient (Wildman–Crippen LogP) is 3.67. The van der Waals surface area contributed by atoms with Crippen molar-refractivity contribution < 1.29 is 9.59 Å². The number of hydrogen-bond donors (Lipinski definition) is 1. The Bertz CT molecular complexity index is 429. The van der Waals surface area contributed by atoms with E-state index in [9.17, 15) is 9.59 Å². The molecule has 0 aliphatic rings. The highest BCUT2D eigenvalue weighted by atomic mass is 35.5. The van der Waals surface area contributed by atoms with E-state index in [0.717, 1.165) is 12.8 Å². The molecule has 1 rings (SSSR count). The fourth-order valence-corrected chi connectivity index (χ4v) is 1.55. The summed E-state index contributed by atoms with van der Waals surface area (Å²) in [4.78, 5) is 22.8. The molecule has 0 unspecified atom stereocenters. The molecule has 1 aromatic carbocycles. The highest BCUT2D eigenvalue weighted by molar-refractivity contribution is 6.33. The summed E-state index contributed by atoms with van der Waals surface area (Å²) in [6, 6.07) is 4.87. The normalized spacial score (nSPS) is 10.1. The first-order valence-corrected chi connectivity index (χ1v) is 6.02. The van der Waals surface area contributed by atoms with Gasteiger partial charge in [-0.15, -0.1) is 0 Å². The summed E-state index contributed by atoms with van der Waals surface area (Å²) in [6.07, 6.45) is 2.28. The van der Waals surface area contributed by atoms with Crippen LogP contribution >= 0.6 is 11.6 Å². The molecule has 0 aliphatic carbocycles. The van der Waals surface area contributed by atoms with Crippen LogP contribution in [0.4, 0.5) is 5.69 Å². The monoisotopic (exact) mass is 253 g/mol. The lowest BCUT2D eigenvalue weighted by molar-refractivity contribution is -0.116. The second-order valence-electron chi connectivity index (χ2n) is 3.90. The third-order valence-electron chi connectivity index (χ3n) is 2.40. The first-order valence-electron chi connectivity index (χ1n) is 5.65. The van der Waals surface area contributed by atoms with Crippen molar-refractivity contribution >= 4 is 29.0 Å². The maximum atomic E-state index is 11.6. The second-order valence-corrected chi connectivity index (χ2v) is 4.31. The first-order chi connectivity index (χ1) is 8.04. The average Bonchev–Trinajstić information content (AvgIpc) is 2.29. The number of carbonyl (C=O) groups is 2. The molecular formula is C13H16ClNO2.